The fraction of sp³-hybridized carbons (Fsp3) is 0.143. The molecule has 0 radical (unpaired) electrons. The second-order valence-electron chi connectivity index (χ2n) is 4.19. The Labute approximate surface area is 127 Å². The summed E-state index contributed by atoms with van der Waals surface area (Å²) in [4.78, 5) is 3.48. The van der Waals surface area contributed by atoms with Gasteiger partial charge < -0.3 is 5.32 Å². The summed E-state index contributed by atoms with van der Waals surface area (Å²) in [5, 5.41) is 11.7. The number of nitrogens with one attached hydrogen (secondary N) is 1. The summed E-state index contributed by atoms with van der Waals surface area (Å²) in [6, 6.07) is 11.0. The predicted octanol–water partition coefficient (Wildman–Crippen LogP) is 4.35. The van der Waals surface area contributed by atoms with Gasteiger partial charge >= 0.3 is 6.18 Å². The average molecular weight is 356 g/mol. The molecule has 108 valence electrons. The Hall–Kier alpha value is -2.07. The smallest absolute Gasteiger partial charge is 0.365 e. The molecule has 21 heavy (non-hydrogen) atoms. The maximum Gasteiger partial charge on any atom is 0.433 e. The highest BCUT2D eigenvalue weighted by atomic mass is 79.9. The van der Waals surface area contributed by atoms with E-state index in [1.807, 2.05) is 30.3 Å². The minimum Gasteiger partial charge on any atom is -0.365 e. The van der Waals surface area contributed by atoms with E-state index in [0.29, 0.717) is 0 Å². The van der Waals surface area contributed by atoms with Crippen LogP contribution in [0.25, 0.3) is 0 Å². The summed E-state index contributed by atoms with van der Waals surface area (Å²) < 4.78 is 38.8. The fourth-order valence-electron chi connectivity index (χ4n) is 1.67. The molecule has 0 unspecified atom stereocenters. The third-order valence-electron chi connectivity index (χ3n) is 2.66. The van der Waals surface area contributed by atoms with E-state index in [9.17, 15) is 13.2 Å². The first-order chi connectivity index (χ1) is 9.90. The number of hydrogen-bond acceptors (Lipinski definition) is 3. The lowest BCUT2D eigenvalue weighted by Crippen LogP contribution is -2.11. The molecule has 0 saturated carbocycles. The molecule has 0 aliphatic rings. The molecule has 3 nitrogen and oxygen atoms in total. The van der Waals surface area contributed by atoms with Crippen LogP contribution in [0, 0.1) is 11.3 Å². The van der Waals surface area contributed by atoms with Gasteiger partial charge in [0.2, 0.25) is 0 Å². The van der Waals surface area contributed by atoms with Gasteiger partial charge in [-0.15, -0.1) is 0 Å². The van der Waals surface area contributed by atoms with Gasteiger partial charge in [0.25, 0.3) is 0 Å². The molecule has 0 aliphatic carbocycles. The van der Waals surface area contributed by atoms with Gasteiger partial charge in [-0.2, -0.15) is 18.4 Å². The minimum absolute atomic E-state index is 0.0676. The number of aromatic nitrogens is 1. The maximum absolute atomic E-state index is 12.6. The number of nitrogens with zero attached hydrogens (tertiary/aromatic N) is 2. The third kappa shape index (κ3) is 3.95. The van der Waals surface area contributed by atoms with Crippen molar-refractivity contribution in [3.05, 3.63) is 57.7 Å². The van der Waals surface area contributed by atoms with Crippen LogP contribution in [0.4, 0.5) is 19.0 Å². The predicted molar refractivity (Wildman–Crippen MR) is 75.4 cm³/mol. The molecule has 1 aromatic carbocycles. The van der Waals surface area contributed by atoms with Gasteiger partial charge in [0.05, 0.1) is 5.56 Å². The van der Waals surface area contributed by atoms with Crippen molar-refractivity contribution >= 4 is 21.7 Å². The van der Waals surface area contributed by atoms with Crippen molar-refractivity contribution in [2.45, 2.75) is 12.7 Å². The number of benzene rings is 1. The zero-order valence-electron chi connectivity index (χ0n) is 10.6. The summed E-state index contributed by atoms with van der Waals surface area (Å²) in [6.45, 7) is 0.266. The summed E-state index contributed by atoms with van der Waals surface area (Å²) in [6.07, 6.45) is -4.54. The summed E-state index contributed by atoms with van der Waals surface area (Å²) >= 11 is 3.31. The molecule has 0 fully saturated rings. The minimum atomic E-state index is -4.54. The lowest BCUT2D eigenvalue weighted by atomic mass is 10.2. The van der Waals surface area contributed by atoms with Gasteiger partial charge in [-0.1, -0.05) is 28.1 Å². The van der Waals surface area contributed by atoms with E-state index in [1.165, 1.54) is 0 Å². The largest absolute Gasteiger partial charge is 0.433 e. The Morgan fingerprint density at radius 2 is 2.00 bits per heavy atom. The van der Waals surface area contributed by atoms with Crippen molar-refractivity contribution in [3.63, 3.8) is 0 Å². The normalized spacial score (nSPS) is 11.0. The first-order valence-electron chi connectivity index (χ1n) is 5.87. The molecule has 0 bridgehead atoms. The molecular weight excluding hydrogens is 347 g/mol. The van der Waals surface area contributed by atoms with Crippen LogP contribution in [-0.4, -0.2) is 4.98 Å². The highest BCUT2D eigenvalue weighted by Gasteiger charge is 2.33. The van der Waals surface area contributed by atoms with Crippen molar-refractivity contribution < 1.29 is 13.2 Å². The van der Waals surface area contributed by atoms with Gasteiger partial charge in [0.15, 0.2) is 0 Å². The second-order valence-corrected chi connectivity index (χ2v) is 5.10. The standard InChI is InChI=1S/C14H9BrF3N3/c15-11-3-1-2-9(6-11)8-20-13-10(7-19)4-5-12(21-13)14(16,17)18/h1-6H,8H2,(H,20,21). The number of pyridine rings is 1. The Kier molecular flexibility index (Phi) is 4.48. The lowest BCUT2D eigenvalue weighted by molar-refractivity contribution is -0.141. The molecule has 1 aromatic heterocycles. The number of alkyl halides is 3. The van der Waals surface area contributed by atoms with Gasteiger partial charge in [-0.3, -0.25) is 0 Å². The van der Waals surface area contributed by atoms with E-state index in [0.717, 1.165) is 22.2 Å². The molecular formula is C14H9BrF3N3. The van der Waals surface area contributed by atoms with Gasteiger partial charge in [0.1, 0.15) is 17.6 Å². The molecule has 7 heteroatoms. The molecule has 0 atom stereocenters. The highest BCUT2D eigenvalue weighted by Crippen LogP contribution is 2.29. The maximum atomic E-state index is 12.6. The molecule has 0 spiro atoms. The number of rotatable bonds is 3. The quantitative estimate of drug-likeness (QED) is 0.890. The molecule has 2 rings (SSSR count). The molecule has 1 heterocycles. The molecule has 0 saturated heterocycles. The van der Waals surface area contributed by atoms with E-state index < -0.39 is 11.9 Å². The van der Waals surface area contributed by atoms with E-state index in [2.05, 4.69) is 26.2 Å². The van der Waals surface area contributed by atoms with Crippen LogP contribution >= 0.6 is 15.9 Å². The topological polar surface area (TPSA) is 48.7 Å². The SMILES string of the molecule is N#Cc1ccc(C(F)(F)F)nc1NCc1cccc(Br)c1. The Morgan fingerprint density at radius 1 is 1.24 bits per heavy atom. The molecule has 0 aliphatic heterocycles. The number of nitriles is 1. The van der Waals surface area contributed by atoms with E-state index in [-0.39, 0.29) is 17.9 Å². The Balaban J connectivity index is 2.24. The van der Waals surface area contributed by atoms with Crippen molar-refractivity contribution in [3.8, 4) is 6.07 Å². The van der Waals surface area contributed by atoms with Crippen molar-refractivity contribution in [1.82, 2.24) is 4.98 Å². The number of halogens is 4. The number of hydrogen-bond donors (Lipinski definition) is 1. The average Bonchev–Trinajstić information content (AvgIpc) is 2.44. The molecule has 0 amide bonds. The van der Waals surface area contributed by atoms with Crippen LogP contribution in [0.15, 0.2) is 40.9 Å². The summed E-state index contributed by atoms with van der Waals surface area (Å²) in [5.41, 5.74) is -0.108. The van der Waals surface area contributed by atoms with Crippen LogP contribution < -0.4 is 5.32 Å². The van der Waals surface area contributed by atoms with Crippen LogP contribution in [0.5, 0.6) is 0 Å². The van der Waals surface area contributed by atoms with Crippen LogP contribution in [-0.2, 0) is 12.7 Å². The van der Waals surface area contributed by atoms with Crippen molar-refractivity contribution in [2.24, 2.45) is 0 Å². The molecule has 2 aromatic rings. The zero-order valence-corrected chi connectivity index (χ0v) is 12.2. The lowest BCUT2D eigenvalue weighted by Gasteiger charge is -2.11. The third-order valence-corrected chi connectivity index (χ3v) is 3.15. The Bertz CT molecular complexity index is 693. The molecule has 1 N–H and O–H groups in total. The monoisotopic (exact) mass is 355 g/mol. The van der Waals surface area contributed by atoms with Gasteiger partial charge in [-0.05, 0) is 29.8 Å². The second kappa shape index (κ2) is 6.14. The van der Waals surface area contributed by atoms with Crippen molar-refractivity contribution in [1.29, 1.82) is 5.26 Å². The highest BCUT2D eigenvalue weighted by molar-refractivity contribution is 9.10. The summed E-state index contributed by atoms with van der Waals surface area (Å²) in [7, 11) is 0. The Morgan fingerprint density at radius 3 is 2.62 bits per heavy atom. The van der Waals surface area contributed by atoms with Gasteiger partial charge in [-0.25, -0.2) is 4.98 Å². The summed E-state index contributed by atoms with van der Waals surface area (Å²) in [5.74, 6) is -0.0766. The first kappa shape index (κ1) is 15.3. The zero-order chi connectivity index (χ0) is 15.5. The first-order valence-corrected chi connectivity index (χ1v) is 6.66. The fourth-order valence-corrected chi connectivity index (χ4v) is 2.12. The van der Waals surface area contributed by atoms with Crippen LogP contribution in [0.1, 0.15) is 16.8 Å². The van der Waals surface area contributed by atoms with E-state index >= 15 is 0 Å². The van der Waals surface area contributed by atoms with Crippen molar-refractivity contribution in [2.75, 3.05) is 5.32 Å². The van der Waals surface area contributed by atoms with Gasteiger partial charge in [0, 0.05) is 11.0 Å². The van der Waals surface area contributed by atoms with Crippen LogP contribution in [0.3, 0.4) is 0 Å². The number of anilines is 1. The van der Waals surface area contributed by atoms with E-state index in [1.54, 1.807) is 0 Å². The van der Waals surface area contributed by atoms with Crippen LogP contribution in [0.2, 0.25) is 0 Å². The van der Waals surface area contributed by atoms with E-state index in [4.69, 9.17) is 5.26 Å².